The molecule has 1 heterocycles. The first-order valence-electron chi connectivity index (χ1n) is 5.82. The number of nitrogens with one attached hydrogen (secondary N) is 1. The van der Waals surface area contributed by atoms with Gasteiger partial charge in [0, 0.05) is 18.5 Å². The summed E-state index contributed by atoms with van der Waals surface area (Å²) in [6, 6.07) is 0.534. The van der Waals surface area contributed by atoms with Crippen molar-refractivity contribution in [2.24, 2.45) is 5.92 Å². The Labute approximate surface area is 93.5 Å². The highest BCUT2D eigenvalue weighted by molar-refractivity contribution is 4.82. The highest BCUT2D eigenvalue weighted by Crippen LogP contribution is 2.14. The van der Waals surface area contributed by atoms with Crippen LogP contribution in [0.4, 0.5) is 0 Å². The first-order chi connectivity index (χ1) is 7.27. The Balaban J connectivity index is 2.18. The van der Waals surface area contributed by atoms with Crippen LogP contribution in [-0.2, 0) is 4.74 Å². The topological polar surface area (TPSA) is 24.5 Å². The summed E-state index contributed by atoms with van der Waals surface area (Å²) >= 11 is 0. The predicted octanol–water partition coefficient (Wildman–Crippen LogP) is 1.12. The molecule has 0 bridgehead atoms. The molecule has 0 aromatic heterocycles. The number of ether oxygens (including phenoxy) is 1. The summed E-state index contributed by atoms with van der Waals surface area (Å²) in [5.41, 5.74) is 0. The van der Waals surface area contributed by atoms with Crippen molar-refractivity contribution in [3.8, 4) is 0 Å². The third kappa shape index (κ3) is 4.33. The molecule has 1 rings (SSSR count). The number of likely N-dealkylation sites (N-methyl/N-ethyl adjacent to an activating group) is 1. The van der Waals surface area contributed by atoms with Crippen LogP contribution in [0.2, 0.25) is 0 Å². The molecule has 0 radical (unpaired) electrons. The first kappa shape index (κ1) is 12.7. The van der Waals surface area contributed by atoms with Gasteiger partial charge in [-0.15, -0.1) is 6.58 Å². The standard InChI is InChI=1S/C12H24N2O/c1-4-5-6-7-14(3)8-11-9-15-10-12(11)13-2/h4,11-13H,1,5-10H2,2-3H3. The molecule has 0 aromatic carbocycles. The zero-order valence-electron chi connectivity index (χ0n) is 10.0. The molecule has 0 amide bonds. The molecule has 88 valence electrons. The summed E-state index contributed by atoms with van der Waals surface area (Å²) in [6.07, 6.45) is 4.31. The monoisotopic (exact) mass is 212 g/mol. The van der Waals surface area contributed by atoms with Crippen LogP contribution < -0.4 is 5.32 Å². The van der Waals surface area contributed by atoms with E-state index in [2.05, 4.69) is 23.8 Å². The molecule has 1 aliphatic heterocycles. The molecule has 1 fully saturated rings. The van der Waals surface area contributed by atoms with Gasteiger partial charge < -0.3 is 15.0 Å². The van der Waals surface area contributed by atoms with E-state index in [1.54, 1.807) is 0 Å². The van der Waals surface area contributed by atoms with Gasteiger partial charge in [0.1, 0.15) is 0 Å². The van der Waals surface area contributed by atoms with E-state index >= 15 is 0 Å². The summed E-state index contributed by atoms with van der Waals surface area (Å²) < 4.78 is 5.48. The maximum atomic E-state index is 5.48. The lowest BCUT2D eigenvalue weighted by molar-refractivity contribution is 0.173. The lowest BCUT2D eigenvalue weighted by Crippen LogP contribution is -2.39. The molecule has 0 aromatic rings. The number of hydrogen-bond acceptors (Lipinski definition) is 3. The molecule has 1 N–H and O–H groups in total. The van der Waals surface area contributed by atoms with E-state index in [0.29, 0.717) is 12.0 Å². The summed E-state index contributed by atoms with van der Waals surface area (Å²) in [5, 5.41) is 3.32. The van der Waals surface area contributed by atoms with Crippen molar-refractivity contribution in [1.82, 2.24) is 10.2 Å². The SMILES string of the molecule is C=CCCCN(C)CC1COCC1NC. The fourth-order valence-corrected chi connectivity index (χ4v) is 2.09. The van der Waals surface area contributed by atoms with E-state index in [9.17, 15) is 0 Å². The van der Waals surface area contributed by atoms with Crippen LogP contribution in [-0.4, -0.2) is 51.3 Å². The molecule has 1 saturated heterocycles. The van der Waals surface area contributed by atoms with Gasteiger partial charge in [0.2, 0.25) is 0 Å². The largest absolute Gasteiger partial charge is 0.379 e. The van der Waals surface area contributed by atoms with Gasteiger partial charge in [0.25, 0.3) is 0 Å². The Hall–Kier alpha value is -0.380. The number of rotatable bonds is 7. The van der Waals surface area contributed by atoms with Crippen LogP contribution in [0.5, 0.6) is 0 Å². The molecule has 2 unspecified atom stereocenters. The third-order valence-corrected chi connectivity index (χ3v) is 3.06. The van der Waals surface area contributed by atoms with Crippen molar-refractivity contribution in [3.63, 3.8) is 0 Å². The van der Waals surface area contributed by atoms with Gasteiger partial charge in [0.15, 0.2) is 0 Å². The minimum absolute atomic E-state index is 0.534. The van der Waals surface area contributed by atoms with Crippen molar-refractivity contribution in [1.29, 1.82) is 0 Å². The number of nitrogens with zero attached hydrogens (tertiary/aromatic N) is 1. The van der Waals surface area contributed by atoms with Gasteiger partial charge >= 0.3 is 0 Å². The lowest BCUT2D eigenvalue weighted by atomic mass is 10.0. The number of allylic oxidation sites excluding steroid dienone is 1. The Morgan fingerprint density at radius 1 is 1.53 bits per heavy atom. The minimum atomic E-state index is 0.534. The van der Waals surface area contributed by atoms with Crippen molar-refractivity contribution >= 4 is 0 Å². The van der Waals surface area contributed by atoms with Gasteiger partial charge in [-0.2, -0.15) is 0 Å². The summed E-state index contributed by atoms with van der Waals surface area (Å²) in [5.74, 6) is 0.642. The van der Waals surface area contributed by atoms with Crippen LogP contribution in [0.1, 0.15) is 12.8 Å². The van der Waals surface area contributed by atoms with Gasteiger partial charge in [-0.05, 0) is 33.5 Å². The summed E-state index contributed by atoms with van der Waals surface area (Å²) in [6.45, 7) is 7.78. The normalized spacial score (nSPS) is 26.1. The average Bonchev–Trinajstić information content (AvgIpc) is 2.65. The Morgan fingerprint density at radius 3 is 3.00 bits per heavy atom. The van der Waals surface area contributed by atoms with E-state index in [0.717, 1.165) is 32.7 Å². The molecule has 0 saturated carbocycles. The molecule has 0 spiro atoms. The molecule has 15 heavy (non-hydrogen) atoms. The highest BCUT2D eigenvalue weighted by atomic mass is 16.5. The first-order valence-corrected chi connectivity index (χ1v) is 5.82. The highest BCUT2D eigenvalue weighted by Gasteiger charge is 2.27. The van der Waals surface area contributed by atoms with Crippen LogP contribution in [0.25, 0.3) is 0 Å². The van der Waals surface area contributed by atoms with E-state index in [4.69, 9.17) is 4.74 Å². The van der Waals surface area contributed by atoms with Gasteiger partial charge in [0.05, 0.1) is 13.2 Å². The fourth-order valence-electron chi connectivity index (χ4n) is 2.09. The van der Waals surface area contributed by atoms with E-state index in [1.807, 2.05) is 13.1 Å². The van der Waals surface area contributed by atoms with E-state index in [-0.39, 0.29) is 0 Å². The van der Waals surface area contributed by atoms with Crippen LogP contribution in [0, 0.1) is 5.92 Å². The second-order valence-electron chi connectivity index (χ2n) is 4.39. The van der Waals surface area contributed by atoms with E-state index < -0.39 is 0 Å². The minimum Gasteiger partial charge on any atom is -0.379 e. The number of unbranched alkanes of at least 4 members (excludes halogenated alkanes) is 1. The summed E-state index contributed by atoms with van der Waals surface area (Å²) in [4.78, 5) is 2.40. The van der Waals surface area contributed by atoms with Crippen molar-refractivity contribution in [2.45, 2.75) is 18.9 Å². The van der Waals surface area contributed by atoms with Crippen LogP contribution in [0.3, 0.4) is 0 Å². The lowest BCUT2D eigenvalue weighted by Gasteiger charge is -2.23. The Bertz CT molecular complexity index is 184. The average molecular weight is 212 g/mol. The molecule has 3 heteroatoms. The molecule has 3 nitrogen and oxygen atoms in total. The molecule has 1 aliphatic rings. The molecular formula is C12H24N2O. The van der Waals surface area contributed by atoms with Crippen molar-refractivity contribution in [3.05, 3.63) is 12.7 Å². The Morgan fingerprint density at radius 2 is 2.33 bits per heavy atom. The number of hydrogen-bond donors (Lipinski definition) is 1. The van der Waals surface area contributed by atoms with Gasteiger partial charge in [-0.1, -0.05) is 6.08 Å². The zero-order valence-corrected chi connectivity index (χ0v) is 10.0. The Kier molecular flexibility index (Phi) is 5.91. The van der Waals surface area contributed by atoms with E-state index in [1.165, 1.54) is 6.42 Å². The van der Waals surface area contributed by atoms with Crippen molar-refractivity contribution < 1.29 is 4.74 Å². The molecule has 2 atom stereocenters. The predicted molar refractivity (Wildman–Crippen MR) is 64.1 cm³/mol. The third-order valence-electron chi connectivity index (χ3n) is 3.06. The zero-order chi connectivity index (χ0) is 11.1. The van der Waals surface area contributed by atoms with Crippen LogP contribution in [0.15, 0.2) is 12.7 Å². The second-order valence-corrected chi connectivity index (χ2v) is 4.39. The maximum Gasteiger partial charge on any atom is 0.0623 e. The smallest absolute Gasteiger partial charge is 0.0623 e. The summed E-state index contributed by atoms with van der Waals surface area (Å²) in [7, 11) is 4.21. The van der Waals surface area contributed by atoms with Gasteiger partial charge in [-0.25, -0.2) is 0 Å². The fraction of sp³-hybridized carbons (Fsp3) is 0.833. The van der Waals surface area contributed by atoms with Crippen molar-refractivity contribution in [2.75, 3.05) is 40.4 Å². The second kappa shape index (κ2) is 6.99. The van der Waals surface area contributed by atoms with Gasteiger partial charge in [-0.3, -0.25) is 0 Å². The molecular weight excluding hydrogens is 188 g/mol. The quantitative estimate of drug-likeness (QED) is 0.505. The molecule has 0 aliphatic carbocycles. The maximum absolute atomic E-state index is 5.48. The van der Waals surface area contributed by atoms with Crippen LogP contribution >= 0.6 is 0 Å².